The summed E-state index contributed by atoms with van der Waals surface area (Å²) in [7, 11) is 0. The van der Waals surface area contributed by atoms with E-state index in [2.05, 4.69) is 20.8 Å². The van der Waals surface area contributed by atoms with E-state index in [1.54, 1.807) is 6.92 Å². The number of nitrogens with zero attached hydrogens (tertiary/aromatic N) is 2. The number of halogens is 3. The molecule has 21 heavy (non-hydrogen) atoms. The van der Waals surface area contributed by atoms with E-state index in [9.17, 15) is 18.0 Å². The quantitative estimate of drug-likeness (QED) is 0.908. The highest BCUT2D eigenvalue weighted by Gasteiger charge is 2.28. The first-order chi connectivity index (χ1) is 9.82. The molecule has 2 rings (SSSR count). The van der Waals surface area contributed by atoms with Crippen LogP contribution < -0.4 is 10.6 Å². The molecule has 0 aliphatic carbocycles. The van der Waals surface area contributed by atoms with Crippen molar-refractivity contribution < 1.29 is 22.5 Å². The maximum Gasteiger partial charge on any atom is 0.394 e. The second kappa shape index (κ2) is 6.12. The number of rotatable bonds is 4. The topological polar surface area (TPSA) is 80.0 Å². The van der Waals surface area contributed by atoms with Crippen molar-refractivity contribution in [1.29, 1.82) is 0 Å². The Balaban J connectivity index is 1.81. The zero-order valence-electron chi connectivity index (χ0n) is 10.8. The number of nitrogens with one attached hydrogen (secondary N) is 2. The van der Waals surface area contributed by atoms with E-state index in [4.69, 9.17) is 4.52 Å². The van der Waals surface area contributed by atoms with Gasteiger partial charge in [0, 0.05) is 11.4 Å². The first kappa shape index (κ1) is 15.3. The lowest BCUT2D eigenvalue weighted by atomic mass is 10.3. The van der Waals surface area contributed by atoms with Crippen molar-refractivity contribution >= 4 is 23.3 Å². The molecule has 114 valence electrons. The third-order valence-corrected chi connectivity index (χ3v) is 3.14. The zero-order chi connectivity index (χ0) is 15.5. The van der Waals surface area contributed by atoms with Crippen LogP contribution in [0.25, 0.3) is 0 Å². The second-order valence-corrected chi connectivity index (χ2v) is 5.11. The Morgan fingerprint density at radius 3 is 2.86 bits per heavy atom. The lowest BCUT2D eigenvalue weighted by Crippen LogP contribution is -2.28. The average molecular weight is 320 g/mol. The Morgan fingerprint density at radius 2 is 2.24 bits per heavy atom. The van der Waals surface area contributed by atoms with Gasteiger partial charge in [-0.1, -0.05) is 5.16 Å². The fourth-order valence-electron chi connectivity index (χ4n) is 1.45. The number of carbonyl (C=O) groups excluding carboxylic acids is 1. The zero-order valence-corrected chi connectivity index (χ0v) is 11.6. The summed E-state index contributed by atoms with van der Waals surface area (Å²) in [4.78, 5) is 15.3. The number of carbonyl (C=O) groups is 1. The Kier molecular flexibility index (Phi) is 4.46. The minimum atomic E-state index is -4.29. The molecule has 0 spiro atoms. The number of aromatic nitrogens is 2. The molecule has 2 aromatic rings. The molecular formula is C11H11F3N4O2S. The fraction of sp³-hybridized carbons (Fsp3) is 0.364. The number of aryl methyl sites for hydroxylation is 1. The molecule has 0 bridgehead atoms. The molecule has 2 aromatic heterocycles. The van der Waals surface area contributed by atoms with Crippen LogP contribution in [0.1, 0.15) is 16.4 Å². The molecule has 2 heterocycles. The third kappa shape index (κ3) is 5.06. The summed E-state index contributed by atoms with van der Waals surface area (Å²) in [6.45, 7) is 1.73. The first-order valence-corrected chi connectivity index (χ1v) is 6.68. The standard InChI is InChI=1S/C11H11F3N4O2S/c1-6-2-8(20-18-6)17-10(19)15-4-9-16-7(5-21-9)3-11(12,13)14/h2,5H,3-4H2,1H3,(H2,15,17,19). The smallest absolute Gasteiger partial charge is 0.338 e. The van der Waals surface area contributed by atoms with Crippen LogP contribution in [0.4, 0.5) is 23.8 Å². The summed E-state index contributed by atoms with van der Waals surface area (Å²) in [6.07, 6.45) is -5.37. The highest BCUT2D eigenvalue weighted by molar-refractivity contribution is 7.09. The lowest BCUT2D eigenvalue weighted by molar-refractivity contribution is -0.127. The molecule has 2 amide bonds. The van der Waals surface area contributed by atoms with E-state index in [1.165, 1.54) is 11.4 Å². The number of hydrogen-bond donors (Lipinski definition) is 2. The molecule has 0 fully saturated rings. The van der Waals surface area contributed by atoms with Crippen LogP contribution in [-0.2, 0) is 13.0 Å². The Labute approximate surface area is 121 Å². The first-order valence-electron chi connectivity index (χ1n) is 5.80. The number of anilines is 1. The summed E-state index contributed by atoms with van der Waals surface area (Å²) in [5, 5.41) is 10.2. The number of alkyl halides is 3. The molecular weight excluding hydrogens is 309 g/mol. The van der Waals surface area contributed by atoms with Gasteiger partial charge < -0.3 is 9.84 Å². The lowest BCUT2D eigenvalue weighted by Gasteiger charge is -2.03. The van der Waals surface area contributed by atoms with E-state index in [0.29, 0.717) is 10.7 Å². The monoisotopic (exact) mass is 320 g/mol. The molecule has 0 unspecified atom stereocenters. The summed E-state index contributed by atoms with van der Waals surface area (Å²) in [5.41, 5.74) is 0.553. The second-order valence-electron chi connectivity index (χ2n) is 4.16. The van der Waals surface area contributed by atoms with Gasteiger partial charge >= 0.3 is 12.2 Å². The molecule has 0 saturated heterocycles. The van der Waals surface area contributed by atoms with E-state index in [0.717, 1.165) is 11.3 Å². The molecule has 0 radical (unpaired) electrons. The van der Waals surface area contributed by atoms with Crippen molar-refractivity contribution in [3.63, 3.8) is 0 Å². The summed E-state index contributed by atoms with van der Waals surface area (Å²) < 4.78 is 41.3. The van der Waals surface area contributed by atoms with Crippen molar-refractivity contribution in [3.8, 4) is 0 Å². The van der Waals surface area contributed by atoms with E-state index >= 15 is 0 Å². The van der Waals surface area contributed by atoms with Crippen molar-refractivity contribution in [1.82, 2.24) is 15.5 Å². The van der Waals surface area contributed by atoms with Crippen LogP contribution in [-0.4, -0.2) is 22.3 Å². The molecule has 0 aliphatic heterocycles. The number of hydrogen-bond acceptors (Lipinski definition) is 5. The van der Waals surface area contributed by atoms with Crippen LogP contribution >= 0.6 is 11.3 Å². The van der Waals surface area contributed by atoms with Crippen LogP contribution in [0.5, 0.6) is 0 Å². The van der Waals surface area contributed by atoms with Crippen LogP contribution in [0, 0.1) is 6.92 Å². The van der Waals surface area contributed by atoms with Gasteiger partial charge in [-0.05, 0) is 6.92 Å². The minimum Gasteiger partial charge on any atom is -0.338 e. The van der Waals surface area contributed by atoms with Gasteiger partial charge in [0.1, 0.15) is 5.01 Å². The maximum absolute atomic E-state index is 12.2. The van der Waals surface area contributed by atoms with Gasteiger partial charge in [-0.15, -0.1) is 11.3 Å². The van der Waals surface area contributed by atoms with Crippen LogP contribution in [0.3, 0.4) is 0 Å². The summed E-state index contributed by atoms with van der Waals surface area (Å²) in [6, 6.07) is 0.975. The number of amides is 2. The molecule has 0 aromatic carbocycles. The highest BCUT2D eigenvalue weighted by Crippen LogP contribution is 2.22. The summed E-state index contributed by atoms with van der Waals surface area (Å²) >= 11 is 1.05. The van der Waals surface area contributed by atoms with Crippen molar-refractivity contribution in [3.05, 3.63) is 27.8 Å². The molecule has 0 atom stereocenters. The number of urea groups is 1. The summed E-state index contributed by atoms with van der Waals surface area (Å²) in [5.74, 6) is 0.182. The molecule has 10 heteroatoms. The minimum absolute atomic E-state index is 0.0292. The number of thiazole rings is 1. The van der Waals surface area contributed by atoms with Gasteiger partial charge in [-0.3, -0.25) is 5.32 Å². The predicted octanol–water partition coefficient (Wildman–Crippen LogP) is 2.87. The van der Waals surface area contributed by atoms with Gasteiger partial charge in [-0.25, -0.2) is 9.78 Å². The normalized spacial score (nSPS) is 11.4. The van der Waals surface area contributed by atoms with Crippen molar-refractivity contribution in [2.45, 2.75) is 26.1 Å². The Bertz CT molecular complexity index is 623. The fourth-order valence-corrected chi connectivity index (χ4v) is 2.18. The van der Waals surface area contributed by atoms with E-state index in [1.807, 2.05) is 0 Å². The largest absolute Gasteiger partial charge is 0.394 e. The van der Waals surface area contributed by atoms with E-state index < -0.39 is 18.6 Å². The van der Waals surface area contributed by atoms with Gasteiger partial charge in [0.25, 0.3) is 0 Å². The van der Waals surface area contributed by atoms with Gasteiger partial charge in [-0.2, -0.15) is 13.2 Å². The molecule has 0 aliphatic rings. The van der Waals surface area contributed by atoms with E-state index in [-0.39, 0.29) is 18.1 Å². The SMILES string of the molecule is Cc1cc(NC(=O)NCc2nc(CC(F)(F)F)cs2)on1. The third-order valence-electron chi connectivity index (χ3n) is 2.25. The van der Waals surface area contributed by atoms with Gasteiger partial charge in [0.05, 0.1) is 24.4 Å². The van der Waals surface area contributed by atoms with Gasteiger partial charge in [0.2, 0.25) is 5.88 Å². The maximum atomic E-state index is 12.2. The van der Waals surface area contributed by atoms with Crippen molar-refractivity contribution in [2.75, 3.05) is 5.32 Å². The molecule has 2 N–H and O–H groups in total. The van der Waals surface area contributed by atoms with Crippen molar-refractivity contribution in [2.24, 2.45) is 0 Å². The van der Waals surface area contributed by atoms with Crippen LogP contribution in [0.15, 0.2) is 16.0 Å². The van der Waals surface area contributed by atoms with Gasteiger partial charge in [0.15, 0.2) is 0 Å². The molecule has 0 saturated carbocycles. The Hall–Kier alpha value is -2.10. The molecule has 6 nitrogen and oxygen atoms in total. The van der Waals surface area contributed by atoms with Crippen LogP contribution in [0.2, 0.25) is 0 Å². The predicted molar refractivity (Wildman–Crippen MR) is 69.0 cm³/mol. The average Bonchev–Trinajstić information content (AvgIpc) is 2.94. The Morgan fingerprint density at radius 1 is 1.48 bits per heavy atom. The highest BCUT2D eigenvalue weighted by atomic mass is 32.1.